The maximum absolute atomic E-state index is 13.3. The number of rotatable bonds is 3. The second-order valence-electron chi connectivity index (χ2n) is 7.61. The molecule has 1 atom stereocenters. The van der Waals surface area contributed by atoms with E-state index in [0.29, 0.717) is 18.5 Å². The number of aromatic carboxylic acids is 1. The van der Waals surface area contributed by atoms with Gasteiger partial charge in [-0.05, 0) is 44.2 Å². The lowest BCUT2D eigenvalue weighted by Crippen LogP contribution is -2.54. The van der Waals surface area contributed by atoms with E-state index in [9.17, 15) is 9.59 Å². The molecule has 3 saturated heterocycles. The van der Waals surface area contributed by atoms with Crippen molar-refractivity contribution in [2.45, 2.75) is 38.1 Å². The lowest BCUT2D eigenvalue weighted by molar-refractivity contribution is -0.149. The number of amides is 1. The Morgan fingerprint density at radius 2 is 2.04 bits per heavy atom. The Labute approximate surface area is 152 Å². The van der Waals surface area contributed by atoms with Crippen molar-refractivity contribution in [1.29, 1.82) is 0 Å². The van der Waals surface area contributed by atoms with Gasteiger partial charge < -0.3 is 19.6 Å². The summed E-state index contributed by atoms with van der Waals surface area (Å²) in [5.74, 6) is 0.0691. The van der Waals surface area contributed by atoms with Crippen LogP contribution in [0.25, 0.3) is 0 Å². The first-order valence-electron chi connectivity index (χ1n) is 9.42. The Morgan fingerprint density at radius 3 is 2.73 bits per heavy atom. The van der Waals surface area contributed by atoms with E-state index in [-0.39, 0.29) is 11.0 Å². The molecule has 0 radical (unpaired) electrons. The lowest BCUT2D eigenvalue weighted by Gasteiger charge is -2.44. The van der Waals surface area contributed by atoms with Crippen LogP contribution in [0, 0.1) is 5.41 Å². The van der Waals surface area contributed by atoms with E-state index in [2.05, 4.69) is 14.8 Å². The number of likely N-dealkylation sites (tertiary alicyclic amines) is 1. The third-order valence-electron chi connectivity index (χ3n) is 6.07. The normalized spacial score (nSPS) is 27.3. The summed E-state index contributed by atoms with van der Waals surface area (Å²) in [6.07, 6.45) is 6.07. The van der Waals surface area contributed by atoms with Gasteiger partial charge in [0.1, 0.15) is 5.82 Å². The summed E-state index contributed by atoms with van der Waals surface area (Å²) in [6, 6.07) is 3.63. The molecule has 140 valence electrons. The molecule has 4 rings (SSSR count). The molecule has 0 saturated carbocycles. The molecule has 7 nitrogen and oxygen atoms in total. The number of ether oxygens (including phenoxy) is 1. The van der Waals surface area contributed by atoms with E-state index in [4.69, 9.17) is 9.84 Å². The van der Waals surface area contributed by atoms with Crippen molar-refractivity contribution in [3.05, 3.63) is 23.9 Å². The summed E-state index contributed by atoms with van der Waals surface area (Å²) in [5.41, 5.74) is -0.133. The predicted octanol–water partition coefficient (Wildman–Crippen LogP) is 1.78. The van der Waals surface area contributed by atoms with Gasteiger partial charge in [0.2, 0.25) is 5.91 Å². The fourth-order valence-electron chi connectivity index (χ4n) is 4.59. The van der Waals surface area contributed by atoms with Crippen molar-refractivity contribution < 1.29 is 19.4 Å². The molecule has 3 aliphatic rings. The van der Waals surface area contributed by atoms with Gasteiger partial charge in [-0.25, -0.2) is 9.78 Å². The van der Waals surface area contributed by atoms with Gasteiger partial charge in [-0.2, -0.15) is 0 Å². The molecule has 0 aliphatic carbocycles. The summed E-state index contributed by atoms with van der Waals surface area (Å²) >= 11 is 0. The highest BCUT2D eigenvalue weighted by Gasteiger charge is 2.49. The quantitative estimate of drug-likeness (QED) is 0.886. The Hall–Kier alpha value is -2.15. The van der Waals surface area contributed by atoms with Gasteiger partial charge in [0.05, 0.1) is 11.0 Å². The minimum atomic E-state index is -0.975. The van der Waals surface area contributed by atoms with Gasteiger partial charge >= 0.3 is 5.97 Å². The third kappa shape index (κ3) is 3.05. The molecule has 1 aromatic rings. The largest absolute Gasteiger partial charge is 0.478 e. The molecule has 0 aromatic carbocycles. The molecule has 1 aromatic heterocycles. The molecular weight excluding hydrogens is 334 g/mol. The molecule has 3 aliphatic heterocycles. The van der Waals surface area contributed by atoms with Crippen molar-refractivity contribution in [1.82, 2.24) is 9.88 Å². The van der Waals surface area contributed by atoms with Gasteiger partial charge in [0.25, 0.3) is 0 Å². The fourth-order valence-corrected chi connectivity index (χ4v) is 4.59. The number of carbonyl (C=O) groups excluding carboxylic acids is 1. The second-order valence-corrected chi connectivity index (χ2v) is 7.61. The molecule has 26 heavy (non-hydrogen) atoms. The van der Waals surface area contributed by atoms with Crippen LogP contribution in [0.5, 0.6) is 0 Å². The van der Waals surface area contributed by atoms with E-state index < -0.39 is 5.97 Å². The summed E-state index contributed by atoms with van der Waals surface area (Å²) in [6.45, 7) is 3.80. The zero-order valence-electron chi connectivity index (χ0n) is 14.9. The molecule has 7 heteroatoms. The number of hydrogen-bond donors (Lipinski definition) is 1. The van der Waals surface area contributed by atoms with Crippen molar-refractivity contribution in [3.63, 3.8) is 0 Å². The highest BCUT2D eigenvalue weighted by molar-refractivity contribution is 5.87. The first-order chi connectivity index (χ1) is 12.6. The molecule has 1 N–H and O–H groups in total. The maximum atomic E-state index is 13.3. The van der Waals surface area contributed by atoms with Crippen LogP contribution in [-0.4, -0.2) is 65.8 Å². The van der Waals surface area contributed by atoms with Crippen molar-refractivity contribution in [3.8, 4) is 0 Å². The number of hydrogen-bond acceptors (Lipinski definition) is 5. The first kappa shape index (κ1) is 17.3. The monoisotopic (exact) mass is 359 g/mol. The van der Waals surface area contributed by atoms with Crippen molar-refractivity contribution in [2.75, 3.05) is 37.7 Å². The Kier molecular flexibility index (Phi) is 4.56. The van der Waals surface area contributed by atoms with Crippen LogP contribution >= 0.6 is 0 Å². The zero-order valence-corrected chi connectivity index (χ0v) is 14.9. The molecule has 0 unspecified atom stereocenters. The Morgan fingerprint density at radius 1 is 1.23 bits per heavy atom. The average Bonchev–Trinajstić information content (AvgIpc) is 3.10. The van der Waals surface area contributed by atoms with Crippen LogP contribution < -0.4 is 4.90 Å². The van der Waals surface area contributed by atoms with Crippen LogP contribution in [0.1, 0.15) is 42.5 Å². The second kappa shape index (κ2) is 6.87. The molecule has 3 fully saturated rings. The maximum Gasteiger partial charge on any atom is 0.337 e. The minimum Gasteiger partial charge on any atom is -0.478 e. The van der Waals surface area contributed by atoms with E-state index >= 15 is 0 Å². The van der Waals surface area contributed by atoms with Gasteiger partial charge in [-0.3, -0.25) is 4.79 Å². The number of carboxylic acid groups (broad SMARTS) is 1. The number of pyridine rings is 1. The Bertz CT molecular complexity index is 687. The van der Waals surface area contributed by atoms with E-state index in [1.54, 1.807) is 12.1 Å². The summed E-state index contributed by atoms with van der Waals surface area (Å²) in [5, 5.41) is 9.01. The zero-order chi connectivity index (χ0) is 18.1. The van der Waals surface area contributed by atoms with Crippen LogP contribution in [0.4, 0.5) is 5.82 Å². The molecule has 1 spiro atoms. The SMILES string of the molecule is O=C(O)c1ccc(N2CC[C@@]3(CCCN(C4CCOCC4)C3=O)C2)nc1. The Balaban J connectivity index is 1.48. The number of piperidine rings is 1. The third-order valence-corrected chi connectivity index (χ3v) is 6.07. The standard InChI is InChI=1S/C19H25N3O4/c23-17(24)14-2-3-16(20-12-14)21-9-7-19(13-21)6-1-8-22(18(19)25)15-4-10-26-11-5-15/h2-3,12,15H,1,4-11,13H2,(H,23,24)/t19-/m0/s1. The van der Waals surface area contributed by atoms with Crippen molar-refractivity contribution >= 4 is 17.7 Å². The topological polar surface area (TPSA) is 83.0 Å². The molecular formula is C19H25N3O4. The minimum absolute atomic E-state index is 0.182. The molecule has 1 amide bonds. The lowest BCUT2D eigenvalue weighted by atomic mass is 9.77. The van der Waals surface area contributed by atoms with Gasteiger partial charge in [-0.15, -0.1) is 0 Å². The number of aromatic nitrogens is 1. The highest BCUT2D eigenvalue weighted by atomic mass is 16.5. The van der Waals surface area contributed by atoms with Crippen molar-refractivity contribution in [2.24, 2.45) is 5.41 Å². The first-order valence-corrected chi connectivity index (χ1v) is 9.42. The fraction of sp³-hybridized carbons (Fsp3) is 0.632. The van der Waals surface area contributed by atoms with Gasteiger partial charge in [0.15, 0.2) is 0 Å². The average molecular weight is 359 g/mol. The summed E-state index contributed by atoms with van der Waals surface area (Å²) in [4.78, 5) is 32.8. The highest BCUT2D eigenvalue weighted by Crippen LogP contribution is 2.42. The van der Waals surface area contributed by atoms with E-state index in [0.717, 1.165) is 64.2 Å². The van der Waals surface area contributed by atoms with Crippen LogP contribution in [0.2, 0.25) is 0 Å². The van der Waals surface area contributed by atoms with E-state index in [1.165, 1.54) is 6.20 Å². The number of carbonyl (C=O) groups is 2. The van der Waals surface area contributed by atoms with Gasteiger partial charge in [0, 0.05) is 45.1 Å². The van der Waals surface area contributed by atoms with Crippen LogP contribution in [0.15, 0.2) is 18.3 Å². The van der Waals surface area contributed by atoms with Crippen LogP contribution in [-0.2, 0) is 9.53 Å². The summed E-state index contributed by atoms with van der Waals surface area (Å²) in [7, 11) is 0. The predicted molar refractivity (Wildman–Crippen MR) is 95.2 cm³/mol. The molecule has 0 bridgehead atoms. The van der Waals surface area contributed by atoms with E-state index in [1.807, 2.05) is 0 Å². The smallest absolute Gasteiger partial charge is 0.337 e. The van der Waals surface area contributed by atoms with Gasteiger partial charge in [-0.1, -0.05) is 0 Å². The molecule has 4 heterocycles. The number of nitrogens with zero attached hydrogens (tertiary/aromatic N) is 3. The van der Waals surface area contributed by atoms with Crippen LogP contribution in [0.3, 0.4) is 0 Å². The number of carboxylic acids is 1. The number of anilines is 1. The summed E-state index contributed by atoms with van der Waals surface area (Å²) < 4.78 is 5.45.